The number of benzene rings is 1. The second kappa shape index (κ2) is 7.76. The molecule has 1 aliphatic rings. The first-order chi connectivity index (χ1) is 14.0. The maximum Gasteiger partial charge on any atom is 0.251 e. The predicted molar refractivity (Wildman–Crippen MR) is 107 cm³/mol. The van der Waals surface area contributed by atoms with Gasteiger partial charge in [-0.1, -0.05) is 0 Å². The monoisotopic (exact) mass is 412 g/mol. The van der Waals surface area contributed by atoms with Crippen LogP contribution in [-0.4, -0.2) is 47.9 Å². The summed E-state index contributed by atoms with van der Waals surface area (Å²) in [4.78, 5) is 23.7. The van der Waals surface area contributed by atoms with Gasteiger partial charge in [0.15, 0.2) is 0 Å². The lowest BCUT2D eigenvalue weighted by Gasteiger charge is -2.17. The number of hydrogen-bond donors (Lipinski definition) is 1. The lowest BCUT2D eigenvalue weighted by molar-refractivity contribution is 0.414. The van der Waals surface area contributed by atoms with Crippen molar-refractivity contribution in [1.29, 1.82) is 0 Å². The first-order valence-electron chi connectivity index (χ1n) is 9.13. The highest BCUT2D eigenvalue weighted by Gasteiger charge is 2.34. The molecule has 1 aliphatic heterocycles. The molecule has 0 spiro atoms. The summed E-state index contributed by atoms with van der Waals surface area (Å²) in [7, 11) is -2.10. The first kappa shape index (κ1) is 19.3. The highest BCUT2D eigenvalue weighted by atomic mass is 32.2. The maximum atomic E-state index is 13.0. The van der Waals surface area contributed by atoms with Crippen molar-refractivity contribution in [2.24, 2.45) is 0 Å². The Morgan fingerprint density at radius 3 is 2.69 bits per heavy atom. The largest absolute Gasteiger partial charge is 0.497 e. The number of ether oxygens (including phenoxy) is 1. The Balaban J connectivity index is 1.58. The van der Waals surface area contributed by atoms with Gasteiger partial charge in [-0.25, -0.2) is 13.4 Å². The highest BCUT2D eigenvalue weighted by molar-refractivity contribution is 7.89. The zero-order valence-corrected chi connectivity index (χ0v) is 16.6. The molecule has 4 rings (SSSR count). The quantitative estimate of drug-likeness (QED) is 0.687. The van der Waals surface area contributed by atoms with Gasteiger partial charge in [-0.15, -0.1) is 0 Å². The zero-order valence-electron chi connectivity index (χ0n) is 15.8. The summed E-state index contributed by atoms with van der Waals surface area (Å²) in [6, 6.07) is 11.3. The molecule has 1 unspecified atom stereocenters. The third kappa shape index (κ3) is 3.92. The van der Waals surface area contributed by atoms with Crippen LogP contribution in [0.4, 0.5) is 0 Å². The number of rotatable bonds is 5. The normalized spacial score (nSPS) is 17.3. The van der Waals surface area contributed by atoms with Crippen molar-refractivity contribution < 1.29 is 13.2 Å². The molecule has 0 saturated carbocycles. The Kier molecular flexibility index (Phi) is 5.16. The standard InChI is InChI=1S/C20H20N4O4S/c1-28-16-4-6-17(7-5-16)29(26,27)24-10-8-15(13-24)20-22-18(11-19(25)23-20)14-3-2-9-21-12-14/h2-7,9,11-12,15H,8,10,13H2,1H3,(H,22,23,25). The Hall–Kier alpha value is -3.04. The minimum Gasteiger partial charge on any atom is -0.497 e. The molecule has 1 aromatic carbocycles. The van der Waals surface area contributed by atoms with Gasteiger partial charge < -0.3 is 9.72 Å². The van der Waals surface area contributed by atoms with Crippen LogP contribution in [-0.2, 0) is 10.0 Å². The first-order valence-corrected chi connectivity index (χ1v) is 10.6. The number of hydrogen-bond acceptors (Lipinski definition) is 6. The number of aromatic amines is 1. The summed E-state index contributed by atoms with van der Waals surface area (Å²) < 4.78 is 32.4. The van der Waals surface area contributed by atoms with Crippen molar-refractivity contribution in [2.45, 2.75) is 17.2 Å². The molecule has 1 atom stereocenters. The second-order valence-corrected chi connectivity index (χ2v) is 8.72. The van der Waals surface area contributed by atoms with E-state index < -0.39 is 10.0 Å². The number of methoxy groups -OCH3 is 1. The SMILES string of the molecule is COc1ccc(S(=O)(=O)N2CCC(c3nc(-c4cccnc4)cc(=O)[nH]3)C2)cc1. The lowest BCUT2D eigenvalue weighted by atomic mass is 10.1. The summed E-state index contributed by atoms with van der Waals surface area (Å²) in [5.74, 6) is 0.897. The average Bonchev–Trinajstić information content (AvgIpc) is 3.25. The molecule has 0 bridgehead atoms. The summed E-state index contributed by atoms with van der Waals surface area (Å²) in [6.07, 6.45) is 3.87. The molecule has 150 valence electrons. The smallest absolute Gasteiger partial charge is 0.251 e. The number of nitrogens with one attached hydrogen (secondary N) is 1. The van der Waals surface area contributed by atoms with E-state index in [-0.39, 0.29) is 22.9 Å². The van der Waals surface area contributed by atoms with Crippen LogP contribution in [0, 0.1) is 0 Å². The molecular formula is C20H20N4O4S. The van der Waals surface area contributed by atoms with Gasteiger partial charge in [-0.3, -0.25) is 9.78 Å². The van der Waals surface area contributed by atoms with E-state index in [0.29, 0.717) is 30.2 Å². The van der Waals surface area contributed by atoms with Gasteiger partial charge in [0.05, 0.1) is 17.7 Å². The minimum absolute atomic E-state index is 0.188. The Bertz CT molecular complexity index is 1160. The molecule has 2 aromatic heterocycles. The van der Waals surface area contributed by atoms with Crippen LogP contribution in [0.1, 0.15) is 18.2 Å². The van der Waals surface area contributed by atoms with Crippen LogP contribution in [0.5, 0.6) is 5.75 Å². The maximum absolute atomic E-state index is 13.0. The predicted octanol–water partition coefficient (Wildman–Crippen LogP) is 2.02. The number of pyridine rings is 1. The molecule has 1 fully saturated rings. The fraction of sp³-hybridized carbons (Fsp3) is 0.250. The minimum atomic E-state index is -3.63. The fourth-order valence-electron chi connectivity index (χ4n) is 3.40. The van der Waals surface area contributed by atoms with E-state index in [1.165, 1.54) is 29.6 Å². The van der Waals surface area contributed by atoms with Crippen LogP contribution in [0.15, 0.2) is 64.5 Å². The molecular weight excluding hydrogens is 392 g/mol. The number of H-pyrrole nitrogens is 1. The van der Waals surface area contributed by atoms with E-state index in [4.69, 9.17) is 4.74 Å². The van der Waals surface area contributed by atoms with Crippen LogP contribution in [0.25, 0.3) is 11.3 Å². The van der Waals surface area contributed by atoms with Crippen molar-refractivity contribution in [3.63, 3.8) is 0 Å². The van der Waals surface area contributed by atoms with Crippen molar-refractivity contribution in [3.8, 4) is 17.0 Å². The molecule has 1 saturated heterocycles. The fourth-order valence-corrected chi connectivity index (χ4v) is 4.90. The topological polar surface area (TPSA) is 105 Å². The van der Waals surface area contributed by atoms with Gasteiger partial charge in [0.25, 0.3) is 5.56 Å². The number of aromatic nitrogens is 3. The summed E-state index contributed by atoms with van der Waals surface area (Å²) in [5, 5.41) is 0. The van der Waals surface area contributed by atoms with Crippen LogP contribution in [0.2, 0.25) is 0 Å². The summed E-state index contributed by atoms with van der Waals surface area (Å²) in [5.41, 5.74) is 0.985. The third-order valence-corrected chi connectivity index (χ3v) is 6.83. The number of sulfonamides is 1. The molecule has 0 amide bonds. The van der Waals surface area contributed by atoms with E-state index in [9.17, 15) is 13.2 Å². The van der Waals surface area contributed by atoms with Gasteiger partial charge in [-0.2, -0.15) is 4.31 Å². The van der Waals surface area contributed by atoms with E-state index in [2.05, 4.69) is 15.0 Å². The number of nitrogens with zero attached hydrogens (tertiary/aromatic N) is 3. The van der Waals surface area contributed by atoms with E-state index in [1.807, 2.05) is 6.07 Å². The van der Waals surface area contributed by atoms with Gasteiger partial charge >= 0.3 is 0 Å². The Labute approximate surface area is 168 Å². The van der Waals surface area contributed by atoms with Gasteiger partial charge in [0.2, 0.25) is 10.0 Å². The van der Waals surface area contributed by atoms with Crippen LogP contribution >= 0.6 is 0 Å². The lowest BCUT2D eigenvalue weighted by Crippen LogP contribution is -2.29. The van der Waals surface area contributed by atoms with Crippen molar-refractivity contribution >= 4 is 10.0 Å². The van der Waals surface area contributed by atoms with Crippen LogP contribution < -0.4 is 10.3 Å². The van der Waals surface area contributed by atoms with E-state index >= 15 is 0 Å². The van der Waals surface area contributed by atoms with Gasteiger partial charge in [0.1, 0.15) is 11.6 Å². The molecule has 3 aromatic rings. The molecule has 9 heteroatoms. The van der Waals surface area contributed by atoms with E-state index in [1.54, 1.807) is 30.6 Å². The zero-order chi connectivity index (χ0) is 20.4. The molecule has 8 nitrogen and oxygen atoms in total. The Morgan fingerprint density at radius 1 is 1.21 bits per heavy atom. The molecule has 1 N–H and O–H groups in total. The molecule has 3 heterocycles. The van der Waals surface area contributed by atoms with Crippen molar-refractivity contribution in [1.82, 2.24) is 19.3 Å². The second-order valence-electron chi connectivity index (χ2n) is 6.78. The summed E-state index contributed by atoms with van der Waals surface area (Å²) in [6.45, 7) is 0.619. The summed E-state index contributed by atoms with van der Waals surface area (Å²) >= 11 is 0. The van der Waals surface area contributed by atoms with Crippen molar-refractivity contribution in [2.75, 3.05) is 20.2 Å². The third-order valence-electron chi connectivity index (χ3n) is 4.95. The highest BCUT2D eigenvalue weighted by Crippen LogP contribution is 2.30. The van der Waals surface area contributed by atoms with E-state index in [0.717, 1.165) is 5.56 Å². The van der Waals surface area contributed by atoms with Gasteiger partial charge in [0, 0.05) is 43.0 Å². The molecule has 0 aliphatic carbocycles. The molecule has 0 radical (unpaired) electrons. The molecule has 29 heavy (non-hydrogen) atoms. The average molecular weight is 412 g/mol. The van der Waals surface area contributed by atoms with Gasteiger partial charge in [-0.05, 0) is 42.8 Å². The van der Waals surface area contributed by atoms with Crippen molar-refractivity contribution in [3.05, 3.63) is 71.0 Å². The Morgan fingerprint density at radius 2 is 2.00 bits per heavy atom. The van der Waals surface area contributed by atoms with Crippen LogP contribution in [0.3, 0.4) is 0 Å².